The Bertz CT molecular complexity index is 3970. The lowest BCUT2D eigenvalue weighted by Gasteiger charge is -2.28. The van der Waals surface area contributed by atoms with E-state index >= 15 is 0 Å². The number of hydrogen-bond donors (Lipinski definition) is 0. The Morgan fingerprint density at radius 2 is 0.712 bits per heavy atom. The Morgan fingerprint density at radius 1 is 0.242 bits per heavy atom. The summed E-state index contributed by atoms with van der Waals surface area (Å²) in [4.78, 5) is 2.41. The summed E-state index contributed by atoms with van der Waals surface area (Å²) in [5, 5.41) is 12.1. The quantitative estimate of drug-likeness (QED) is 0.149. The predicted octanol–water partition coefficient (Wildman–Crippen LogP) is 18.3. The molecule has 13 aromatic rings. The van der Waals surface area contributed by atoms with Crippen molar-refractivity contribution in [2.24, 2.45) is 0 Å². The number of nitrogens with zero attached hydrogens (tertiary/aromatic N) is 1. The predicted molar refractivity (Wildman–Crippen MR) is 280 cm³/mol. The number of rotatable bonds is 7. The van der Waals surface area contributed by atoms with Crippen LogP contribution in [-0.2, 0) is 0 Å². The minimum atomic E-state index is 0.898. The fraction of sp³-hybridized carbons (Fsp3) is 0. The van der Waals surface area contributed by atoms with E-state index in [-0.39, 0.29) is 0 Å². The molecule has 0 spiro atoms. The largest absolute Gasteiger partial charge is 0.456 e. The smallest absolute Gasteiger partial charge is 0.136 e. The molecule has 0 aliphatic rings. The van der Waals surface area contributed by atoms with Crippen LogP contribution in [0.2, 0.25) is 0 Å². The van der Waals surface area contributed by atoms with E-state index in [1.807, 2.05) is 12.1 Å². The molecule has 2 nitrogen and oxygen atoms in total. The van der Waals surface area contributed by atoms with E-state index in [2.05, 4.69) is 241 Å². The lowest BCUT2D eigenvalue weighted by Crippen LogP contribution is -2.10. The van der Waals surface area contributed by atoms with Crippen molar-refractivity contribution in [3.05, 3.63) is 249 Å². The van der Waals surface area contributed by atoms with Crippen LogP contribution in [0.15, 0.2) is 253 Å². The zero-order chi connectivity index (χ0) is 43.6. The van der Waals surface area contributed by atoms with Gasteiger partial charge in [0, 0.05) is 27.5 Å². The van der Waals surface area contributed by atoms with Crippen molar-refractivity contribution < 1.29 is 4.42 Å². The first kappa shape index (κ1) is 37.8. The highest BCUT2D eigenvalue weighted by Gasteiger charge is 2.19. The van der Waals surface area contributed by atoms with Gasteiger partial charge in [0.1, 0.15) is 11.2 Å². The first-order valence-corrected chi connectivity index (χ1v) is 22.6. The molecule has 0 fully saturated rings. The van der Waals surface area contributed by atoms with Crippen molar-refractivity contribution in [2.75, 3.05) is 4.90 Å². The molecule has 0 amide bonds. The Morgan fingerprint density at radius 3 is 1.44 bits per heavy atom. The van der Waals surface area contributed by atoms with Gasteiger partial charge in [-0.3, -0.25) is 0 Å². The molecule has 0 aliphatic carbocycles. The molecule has 0 aliphatic heterocycles. The average Bonchev–Trinajstić information content (AvgIpc) is 3.77. The number of hydrogen-bond acceptors (Lipinski definition) is 2. The van der Waals surface area contributed by atoms with Crippen LogP contribution in [0.1, 0.15) is 0 Å². The zero-order valence-electron chi connectivity index (χ0n) is 36.0. The van der Waals surface area contributed by atoms with E-state index in [4.69, 9.17) is 4.42 Å². The molecule has 0 N–H and O–H groups in total. The van der Waals surface area contributed by atoms with E-state index < -0.39 is 0 Å². The van der Waals surface area contributed by atoms with Gasteiger partial charge in [-0.25, -0.2) is 0 Å². The van der Waals surface area contributed by atoms with Gasteiger partial charge in [0.25, 0.3) is 0 Å². The first-order chi connectivity index (χ1) is 32.7. The minimum Gasteiger partial charge on any atom is -0.456 e. The molecule has 0 bridgehead atoms. The number of fused-ring (bicyclic) bond motifs is 8. The summed E-state index contributed by atoms with van der Waals surface area (Å²) in [5.74, 6) is 0. The van der Waals surface area contributed by atoms with Crippen LogP contribution in [-0.4, -0.2) is 0 Å². The highest BCUT2D eigenvalue weighted by Crippen LogP contribution is 2.44. The molecule has 1 heterocycles. The fourth-order valence-electron chi connectivity index (χ4n) is 10.1. The van der Waals surface area contributed by atoms with Crippen molar-refractivity contribution >= 4 is 82.1 Å². The summed E-state index contributed by atoms with van der Waals surface area (Å²) in [6.45, 7) is 0. The van der Waals surface area contributed by atoms with E-state index in [1.165, 1.54) is 76.5 Å². The summed E-state index contributed by atoms with van der Waals surface area (Å²) >= 11 is 0. The monoisotopic (exact) mass is 839 g/mol. The first-order valence-electron chi connectivity index (χ1n) is 22.6. The maximum Gasteiger partial charge on any atom is 0.136 e. The molecule has 0 atom stereocenters. The van der Waals surface area contributed by atoms with Gasteiger partial charge in [-0.15, -0.1) is 0 Å². The Kier molecular flexibility index (Phi) is 8.89. The maximum absolute atomic E-state index is 6.28. The summed E-state index contributed by atoms with van der Waals surface area (Å²) in [5.41, 5.74) is 14.6. The van der Waals surface area contributed by atoms with Gasteiger partial charge < -0.3 is 9.32 Å². The van der Waals surface area contributed by atoms with Crippen molar-refractivity contribution in [3.8, 4) is 44.5 Å². The summed E-state index contributed by atoms with van der Waals surface area (Å²) in [6, 6.07) is 90.4. The van der Waals surface area contributed by atoms with Gasteiger partial charge in [0.15, 0.2) is 0 Å². The van der Waals surface area contributed by atoms with Crippen LogP contribution in [0, 0.1) is 0 Å². The molecular formula is C64H41NO. The van der Waals surface area contributed by atoms with Crippen LogP contribution in [0.3, 0.4) is 0 Å². The summed E-state index contributed by atoms with van der Waals surface area (Å²) in [6.07, 6.45) is 0. The van der Waals surface area contributed by atoms with Gasteiger partial charge in [-0.1, -0.05) is 182 Å². The highest BCUT2D eigenvalue weighted by atomic mass is 16.3. The van der Waals surface area contributed by atoms with E-state index in [0.717, 1.165) is 50.1 Å². The lowest BCUT2D eigenvalue weighted by molar-refractivity contribution is 0.669. The van der Waals surface area contributed by atoms with Crippen molar-refractivity contribution in [3.63, 3.8) is 0 Å². The number of benzene rings is 12. The van der Waals surface area contributed by atoms with Gasteiger partial charge in [-0.05, 0) is 149 Å². The molecule has 0 saturated heterocycles. The summed E-state index contributed by atoms with van der Waals surface area (Å²) in [7, 11) is 0. The van der Waals surface area contributed by atoms with E-state index in [1.54, 1.807) is 0 Å². The molecule has 0 unspecified atom stereocenters. The molecule has 66 heavy (non-hydrogen) atoms. The van der Waals surface area contributed by atoms with Crippen LogP contribution < -0.4 is 4.90 Å². The average molecular weight is 840 g/mol. The topological polar surface area (TPSA) is 16.4 Å². The Hall–Kier alpha value is -8.72. The number of anilines is 3. The van der Waals surface area contributed by atoms with Gasteiger partial charge >= 0.3 is 0 Å². The molecule has 12 aromatic carbocycles. The summed E-state index contributed by atoms with van der Waals surface area (Å²) < 4.78 is 6.28. The third kappa shape index (κ3) is 6.50. The van der Waals surface area contributed by atoms with Crippen molar-refractivity contribution in [1.29, 1.82) is 0 Å². The van der Waals surface area contributed by atoms with Gasteiger partial charge in [-0.2, -0.15) is 0 Å². The SMILES string of the molecule is c1ccc2cc(-c3ccc(-c4cc(-c5ccc(N(c6ccc(-c7ccc8c(c7)oc7ccccc78)cc6)c6cc7ccccc7c7ccccc67)cc5)c5ccccc5c4)cc3)ccc2c1. The molecule has 0 radical (unpaired) electrons. The number of furan rings is 1. The molecule has 13 rings (SSSR count). The molecule has 1 aromatic heterocycles. The third-order valence-electron chi connectivity index (χ3n) is 13.4. The van der Waals surface area contributed by atoms with Crippen LogP contribution in [0.4, 0.5) is 17.1 Å². The normalized spacial score (nSPS) is 11.6. The maximum atomic E-state index is 6.28. The minimum absolute atomic E-state index is 0.898. The lowest BCUT2D eigenvalue weighted by atomic mass is 9.92. The second kappa shape index (κ2) is 15.5. The standard InChI is InChI=1S/C64H41NO/c1-2-12-47-37-48(26-25-42(47)11-1)43-21-23-45(24-22-43)52-38-50-13-3-6-16-56(50)61(39-52)46-29-34-54(35-30-46)65(62-40-51-14-4-5-15-55(51)57-17-7-8-18-58(57)62)53-32-27-44(28-33-53)49-31-36-60-59-19-9-10-20-63(59)66-64(60)41-49/h1-41H. The van der Waals surface area contributed by atoms with Crippen molar-refractivity contribution in [2.45, 2.75) is 0 Å². The van der Waals surface area contributed by atoms with Crippen LogP contribution in [0.5, 0.6) is 0 Å². The molecule has 2 heteroatoms. The van der Waals surface area contributed by atoms with E-state index in [0.29, 0.717) is 0 Å². The van der Waals surface area contributed by atoms with Crippen molar-refractivity contribution in [1.82, 2.24) is 0 Å². The van der Waals surface area contributed by atoms with Crippen LogP contribution >= 0.6 is 0 Å². The molecule has 308 valence electrons. The molecule has 0 saturated carbocycles. The third-order valence-corrected chi connectivity index (χ3v) is 13.4. The zero-order valence-corrected chi connectivity index (χ0v) is 36.0. The van der Waals surface area contributed by atoms with Gasteiger partial charge in [0.05, 0.1) is 5.69 Å². The fourth-order valence-corrected chi connectivity index (χ4v) is 10.1. The van der Waals surface area contributed by atoms with Crippen LogP contribution in [0.25, 0.3) is 110 Å². The van der Waals surface area contributed by atoms with Gasteiger partial charge in [0.2, 0.25) is 0 Å². The molecular weight excluding hydrogens is 799 g/mol. The Balaban J connectivity index is 0.900. The second-order valence-corrected chi connectivity index (χ2v) is 17.3. The van der Waals surface area contributed by atoms with E-state index in [9.17, 15) is 0 Å². The number of para-hydroxylation sites is 1. The second-order valence-electron chi connectivity index (χ2n) is 17.3. The highest BCUT2D eigenvalue weighted by molar-refractivity contribution is 6.15. The Labute approximate surface area is 382 Å².